The maximum Gasteiger partial charge on any atom is 0.488 e. The average molecular weight is 266 g/mol. The Morgan fingerprint density at radius 1 is 1.32 bits per heavy atom. The summed E-state index contributed by atoms with van der Waals surface area (Å²) in [5.41, 5.74) is 0.418. The van der Waals surface area contributed by atoms with E-state index >= 15 is 0 Å². The summed E-state index contributed by atoms with van der Waals surface area (Å²) in [5, 5.41) is 18.1. The van der Waals surface area contributed by atoms with Crippen LogP contribution in [0.3, 0.4) is 0 Å². The first-order valence-electron chi connectivity index (χ1n) is 6.50. The van der Waals surface area contributed by atoms with Gasteiger partial charge >= 0.3 is 7.12 Å². The average Bonchev–Trinajstić information content (AvgIpc) is 2.92. The zero-order chi connectivity index (χ0) is 13.5. The van der Waals surface area contributed by atoms with Crippen LogP contribution < -0.4 is 10.2 Å². The highest BCUT2D eigenvalue weighted by Crippen LogP contribution is 2.12. The van der Waals surface area contributed by atoms with Gasteiger partial charge in [0, 0.05) is 12.5 Å². The van der Waals surface area contributed by atoms with Crippen molar-refractivity contribution in [2.75, 3.05) is 33.0 Å². The summed E-state index contributed by atoms with van der Waals surface area (Å²) in [6, 6.07) is 6.74. The monoisotopic (exact) mass is 266 g/mol. The van der Waals surface area contributed by atoms with Crippen LogP contribution in [0.4, 0.5) is 0 Å². The van der Waals surface area contributed by atoms with Gasteiger partial charge in [0.15, 0.2) is 0 Å². The molecule has 19 heavy (non-hydrogen) atoms. The standard InChI is InChI=1S/C13H19BO5/c15-14(16)12-2-1-3-13(8-12)19-7-6-18-10-11-4-5-17-9-11/h1-3,8,11,15-16H,4-7,9-10H2. The van der Waals surface area contributed by atoms with Gasteiger partial charge in [0.25, 0.3) is 0 Å². The van der Waals surface area contributed by atoms with Gasteiger partial charge in [-0.05, 0) is 24.0 Å². The van der Waals surface area contributed by atoms with E-state index in [2.05, 4.69) is 0 Å². The Kier molecular flexibility index (Phi) is 5.66. The lowest BCUT2D eigenvalue weighted by molar-refractivity contribution is 0.0684. The third-order valence-corrected chi connectivity index (χ3v) is 3.03. The third-order valence-electron chi connectivity index (χ3n) is 3.03. The summed E-state index contributed by atoms with van der Waals surface area (Å²) in [6.45, 7) is 3.29. The Bertz CT molecular complexity index is 379. The van der Waals surface area contributed by atoms with Crippen LogP contribution >= 0.6 is 0 Å². The first-order chi connectivity index (χ1) is 9.25. The number of benzene rings is 1. The van der Waals surface area contributed by atoms with Gasteiger partial charge in [-0.1, -0.05) is 12.1 Å². The van der Waals surface area contributed by atoms with Crippen LogP contribution in [0.1, 0.15) is 6.42 Å². The molecule has 2 rings (SSSR count). The van der Waals surface area contributed by atoms with Gasteiger partial charge in [-0.3, -0.25) is 0 Å². The van der Waals surface area contributed by atoms with Crippen LogP contribution in [0.5, 0.6) is 5.75 Å². The van der Waals surface area contributed by atoms with Crippen LogP contribution in [0.15, 0.2) is 24.3 Å². The maximum absolute atomic E-state index is 9.04. The Labute approximate surface area is 113 Å². The molecule has 0 aliphatic carbocycles. The molecule has 1 heterocycles. The van der Waals surface area contributed by atoms with Crippen molar-refractivity contribution in [2.45, 2.75) is 6.42 Å². The van der Waals surface area contributed by atoms with Crippen molar-refractivity contribution in [1.82, 2.24) is 0 Å². The molecular weight excluding hydrogens is 247 g/mol. The normalized spacial score (nSPS) is 18.5. The Balaban J connectivity index is 1.63. The summed E-state index contributed by atoms with van der Waals surface area (Å²) in [5.74, 6) is 1.12. The fourth-order valence-electron chi connectivity index (χ4n) is 1.95. The summed E-state index contributed by atoms with van der Waals surface area (Å²) in [6.07, 6.45) is 1.07. The Hall–Kier alpha value is -1.08. The number of ether oxygens (including phenoxy) is 3. The second-order valence-corrected chi connectivity index (χ2v) is 4.60. The number of rotatable bonds is 7. The van der Waals surface area contributed by atoms with Crippen molar-refractivity contribution in [3.05, 3.63) is 24.3 Å². The van der Waals surface area contributed by atoms with Crippen LogP contribution in [0, 0.1) is 5.92 Å². The van der Waals surface area contributed by atoms with Gasteiger partial charge in [-0.25, -0.2) is 0 Å². The predicted molar refractivity (Wildman–Crippen MR) is 71.5 cm³/mol. The molecule has 1 atom stereocenters. The molecule has 0 saturated carbocycles. The second-order valence-electron chi connectivity index (χ2n) is 4.60. The largest absolute Gasteiger partial charge is 0.491 e. The lowest BCUT2D eigenvalue weighted by Gasteiger charge is -2.10. The van der Waals surface area contributed by atoms with E-state index in [1.807, 2.05) is 0 Å². The van der Waals surface area contributed by atoms with E-state index in [0.717, 1.165) is 19.6 Å². The van der Waals surface area contributed by atoms with Crippen LogP contribution in [0.25, 0.3) is 0 Å². The predicted octanol–water partition coefficient (Wildman–Crippen LogP) is -0.202. The Morgan fingerprint density at radius 2 is 2.21 bits per heavy atom. The van der Waals surface area contributed by atoms with E-state index in [0.29, 0.717) is 37.0 Å². The molecule has 0 radical (unpaired) electrons. The quantitative estimate of drug-likeness (QED) is 0.528. The van der Waals surface area contributed by atoms with Crippen molar-refractivity contribution in [3.8, 4) is 5.75 Å². The summed E-state index contributed by atoms with van der Waals surface area (Å²) >= 11 is 0. The van der Waals surface area contributed by atoms with Gasteiger partial charge in [-0.15, -0.1) is 0 Å². The minimum absolute atomic E-state index is 0.418. The molecule has 1 saturated heterocycles. The van der Waals surface area contributed by atoms with Crippen LogP contribution in [0.2, 0.25) is 0 Å². The van der Waals surface area contributed by atoms with Crippen molar-refractivity contribution < 1.29 is 24.3 Å². The lowest BCUT2D eigenvalue weighted by atomic mass is 9.80. The van der Waals surface area contributed by atoms with Crippen molar-refractivity contribution in [2.24, 2.45) is 5.92 Å². The molecular formula is C13H19BO5. The number of hydrogen-bond donors (Lipinski definition) is 2. The highest BCUT2D eigenvalue weighted by atomic mass is 16.5. The molecule has 1 aliphatic rings. The summed E-state index contributed by atoms with van der Waals surface area (Å²) in [7, 11) is -1.47. The van der Waals surface area contributed by atoms with Gasteiger partial charge in [0.1, 0.15) is 12.4 Å². The van der Waals surface area contributed by atoms with Gasteiger partial charge in [-0.2, -0.15) is 0 Å². The van der Waals surface area contributed by atoms with Gasteiger partial charge in [0.2, 0.25) is 0 Å². The van der Waals surface area contributed by atoms with Crippen molar-refractivity contribution in [1.29, 1.82) is 0 Å². The van der Waals surface area contributed by atoms with E-state index in [1.165, 1.54) is 0 Å². The van der Waals surface area contributed by atoms with Crippen molar-refractivity contribution >= 4 is 12.6 Å². The molecule has 0 spiro atoms. The zero-order valence-corrected chi connectivity index (χ0v) is 10.8. The van der Waals surface area contributed by atoms with Gasteiger partial charge < -0.3 is 24.3 Å². The van der Waals surface area contributed by atoms with E-state index in [4.69, 9.17) is 24.3 Å². The molecule has 5 nitrogen and oxygen atoms in total. The van der Waals surface area contributed by atoms with Crippen LogP contribution in [-0.4, -0.2) is 50.2 Å². The molecule has 104 valence electrons. The second kappa shape index (κ2) is 7.50. The SMILES string of the molecule is OB(O)c1cccc(OCCOCC2CCOC2)c1. The smallest absolute Gasteiger partial charge is 0.488 e. The number of hydrogen-bond acceptors (Lipinski definition) is 5. The molecule has 1 aromatic carbocycles. The maximum atomic E-state index is 9.04. The van der Waals surface area contributed by atoms with E-state index in [9.17, 15) is 0 Å². The van der Waals surface area contributed by atoms with E-state index < -0.39 is 7.12 Å². The highest BCUT2D eigenvalue weighted by Gasteiger charge is 2.15. The highest BCUT2D eigenvalue weighted by molar-refractivity contribution is 6.58. The van der Waals surface area contributed by atoms with Crippen LogP contribution in [-0.2, 0) is 9.47 Å². The van der Waals surface area contributed by atoms with Gasteiger partial charge in [0.05, 0.1) is 19.8 Å². The first-order valence-corrected chi connectivity index (χ1v) is 6.50. The zero-order valence-electron chi connectivity index (χ0n) is 10.8. The first kappa shape index (κ1) is 14.3. The lowest BCUT2D eigenvalue weighted by Crippen LogP contribution is -2.29. The molecule has 2 N–H and O–H groups in total. The molecule has 1 unspecified atom stereocenters. The van der Waals surface area contributed by atoms with E-state index in [1.54, 1.807) is 24.3 Å². The van der Waals surface area contributed by atoms with E-state index in [-0.39, 0.29) is 0 Å². The molecule has 0 bridgehead atoms. The molecule has 1 aliphatic heterocycles. The van der Waals surface area contributed by atoms with Crippen molar-refractivity contribution in [3.63, 3.8) is 0 Å². The Morgan fingerprint density at radius 3 is 2.95 bits per heavy atom. The summed E-state index contributed by atoms with van der Waals surface area (Å²) < 4.78 is 16.3. The third kappa shape index (κ3) is 4.83. The minimum Gasteiger partial charge on any atom is -0.491 e. The fraction of sp³-hybridized carbons (Fsp3) is 0.538. The molecule has 0 amide bonds. The molecule has 1 aromatic rings. The fourth-order valence-corrected chi connectivity index (χ4v) is 1.95. The molecule has 6 heteroatoms. The topological polar surface area (TPSA) is 68.2 Å². The minimum atomic E-state index is -1.47. The molecule has 0 aromatic heterocycles. The molecule has 1 fully saturated rings. The summed E-state index contributed by atoms with van der Waals surface area (Å²) in [4.78, 5) is 0.